The molecule has 114 valence electrons. The Hall–Kier alpha value is -0.130. The van der Waals surface area contributed by atoms with E-state index in [-0.39, 0.29) is 0 Å². The van der Waals surface area contributed by atoms with Crippen molar-refractivity contribution in [3.63, 3.8) is 0 Å². The molecule has 2 atom stereocenters. The monoisotopic (exact) mass is 290 g/mol. The second-order valence-corrected chi connectivity index (χ2v) is 8.17. The molecule has 1 fully saturated rings. The van der Waals surface area contributed by atoms with Gasteiger partial charge in [0, 0.05) is 12.6 Å². The Morgan fingerprint density at radius 2 is 1.95 bits per heavy atom. The van der Waals surface area contributed by atoms with Crippen LogP contribution in [0.25, 0.3) is 0 Å². The summed E-state index contributed by atoms with van der Waals surface area (Å²) in [6, 6.07) is 0.635. The summed E-state index contributed by atoms with van der Waals surface area (Å²) in [6.45, 7) is 6.04. The Morgan fingerprint density at radius 3 is 2.58 bits per heavy atom. The predicted octanol–water partition coefficient (Wildman–Crippen LogP) is 2.12. The third kappa shape index (κ3) is 8.60. The van der Waals surface area contributed by atoms with E-state index in [4.69, 9.17) is 0 Å². The zero-order valence-corrected chi connectivity index (χ0v) is 13.4. The van der Waals surface area contributed by atoms with Gasteiger partial charge in [0.25, 0.3) is 0 Å². The molecule has 0 bridgehead atoms. The molecule has 0 radical (unpaired) electrons. The molecule has 0 saturated heterocycles. The van der Waals surface area contributed by atoms with Crippen LogP contribution in [0.5, 0.6) is 0 Å². The lowest BCUT2D eigenvalue weighted by Gasteiger charge is -2.31. The first-order chi connectivity index (χ1) is 8.87. The minimum atomic E-state index is -3.03. The highest BCUT2D eigenvalue weighted by Crippen LogP contribution is 2.29. The van der Waals surface area contributed by atoms with Crippen LogP contribution in [0.3, 0.4) is 0 Å². The normalized spacial score (nSPS) is 24.8. The molecule has 2 N–H and O–H groups in total. The van der Waals surface area contributed by atoms with Crippen molar-refractivity contribution in [2.24, 2.45) is 11.8 Å². The molecular formula is C14H30N2O2S. The van der Waals surface area contributed by atoms with E-state index >= 15 is 0 Å². The molecule has 0 aromatic carbocycles. The zero-order chi connectivity index (χ0) is 14.3. The first-order valence-electron chi connectivity index (χ1n) is 7.55. The summed E-state index contributed by atoms with van der Waals surface area (Å²) in [5.74, 6) is 1.67. The van der Waals surface area contributed by atoms with Crippen LogP contribution in [-0.2, 0) is 10.0 Å². The first-order valence-corrected chi connectivity index (χ1v) is 9.44. The molecule has 0 aromatic heterocycles. The Kier molecular flexibility index (Phi) is 7.32. The Bertz CT molecular complexity index is 341. The maximum absolute atomic E-state index is 10.9. The summed E-state index contributed by atoms with van der Waals surface area (Å²) in [6.07, 6.45) is 8.68. The van der Waals surface area contributed by atoms with E-state index in [1.807, 2.05) is 0 Å². The second-order valence-electron chi connectivity index (χ2n) is 6.33. The molecule has 1 aliphatic carbocycles. The van der Waals surface area contributed by atoms with Crippen molar-refractivity contribution in [3.05, 3.63) is 0 Å². The molecule has 1 rings (SSSR count). The van der Waals surface area contributed by atoms with Gasteiger partial charge in [0.1, 0.15) is 0 Å². The summed E-state index contributed by atoms with van der Waals surface area (Å²) in [5.41, 5.74) is 0. The van der Waals surface area contributed by atoms with Gasteiger partial charge in [0.15, 0.2) is 0 Å². The van der Waals surface area contributed by atoms with Gasteiger partial charge in [0.05, 0.1) is 6.26 Å². The van der Waals surface area contributed by atoms with Crippen LogP contribution in [0, 0.1) is 11.8 Å². The van der Waals surface area contributed by atoms with Crippen molar-refractivity contribution in [2.75, 3.05) is 19.3 Å². The lowest BCUT2D eigenvalue weighted by molar-refractivity contribution is 0.253. The maximum Gasteiger partial charge on any atom is 0.208 e. The molecule has 4 nitrogen and oxygen atoms in total. The van der Waals surface area contributed by atoms with Gasteiger partial charge in [-0.1, -0.05) is 26.7 Å². The fourth-order valence-corrected chi connectivity index (χ4v) is 3.52. The van der Waals surface area contributed by atoms with Crippen LogP contribution in [0.1, 0.15) is 52.4 Å². The van der Waals surface area contributed by atoms with Gasteiger partial charge in [-0.25, -0.2) is 13.1 Å². The minimum Gasteiger partial charge on any atom is -0.314 e. The van der Waals surface area contributed by atoms with Crippen molar-refractivity contribution < 1.29 is 8.42 Å². The zero-order valence-electron chi connectivity index (χ0n) is 12.6. The van der Waals surface area contributed by atoms with Crippen LogP contribution in [0.15, 0.2) is 0 Å². The van der Waals surface area contributed by atoms with E-state index in [0.29, 0.717) is 12.6 Å². The number of rotatable bonds is 8. The predicted molar refractivity (Wildman–Crippen MR) is 80.7 cm³/mol. The van der Waals surface area contributed by atoms with Gasteiger partial charge in [0.2, 0.25) is 10.0 Å². The van der Waals surface area contributed by atoms with Crippen LogP contribution < -0.4 is 10.0 Å². The molecule has 0 spiro atoms. The first kappa shape index (κ1) is 16.9. The lowest BCUT2D eigenvalue weighted by Crippen LogP contribution is -2.36. The lowest BCUT2D eigenvalue weighted by atomic mass is 9.81. The summed E-state index contributed by atoms with van der Waals surface area (Å²) in [4.78, 5) is 0. The van der Waals surface area contributed by atoms with Crippen LogP contribution in [-0.4, -0.2) is 33.8 Å². The van der Waals surface area contributed by atoms with Crippen LogP contribution in [0.4, 0.5) is 0 Å². The molecule has 2 unspecified atom stereocenters. The fraction of sp³-hybridized carbons (Fsp3) is 1.00. The molecule has 0 heterocycles. The average Bonchev–Trinajstić information content (AvgIpc) is 2.26. The SMILES string of the molecule is CC(C)CC1CCCC(NCCCNS(C)(=O)=O)C1. The second kappa shape index (κ2) is 8.22. The summed E-state index contributed by atoms with van der Waals surface area (Å²) >= 11 is 0. The Morgan fingerprint density at radius 1 is 1.21 bits per heavy atom. The molecule has 0 aromatic rings. The van der Waals surface area contributed by atoms with Crippen molar-refractivity contribution in [3.8, 4) is 0 Å². The van der Waals surface area contributed by atoms with E-state index in [1.54, 1.807) is 0 Å². The third-order valence-electron chi connectivity index (χ3n) is 3.74. The van der Waals surface area contributed by atoms with E-state index in [2.05, 4.69) is 23.9 Å². The molecule has 19 heavy (non-hydrogen) atoms. The number of sulfonamides is 1. The van der Waals surface area contributed by atoms with Gasteiger partial charge in [-0.15, -0.1) is 0 Å². The third-order valence-corrected chi connectivity index (χ3v) is 4.47. The van der Waals surface area contributed by atoms with E-state index in [0.717, 1.165) is 24.8 Å². The van der Waals surface area contributed by atoms with Crippen molar-refractivity contribution in [1.29, 1.82) is 0 Å². The van der Waals surface area contributed by atoms with Crippen molar-refractivity contribution >= 4 is 10.0 Å². The maximum atomic E-state index is 10.9. The fourth-order valence-electron chi connectivity index (χ4n) is 3.01. The average molecular weight is 290 g/mol. The van der Waals surface area contributed by atoms with Gasteiger partial charge in [-0.05, 0) is 44.1 Å². The molecule has 0 amide bonds. The molecule has 1 aliphatic rings. The Labute approximate surface area is 118 Å². The molecule has 0 aliphatic heterocycles. The largest absolute Gasteiger partial charge is 0.314 e. The summed E-state index contributed by atoms with van der Waals surface area (Å²) in [5, 5.41) is 3.58. The van der Waals surface area contributed by atoms with Gasteiger partial charge in [-0.2, -0.15) is 0 Å². The van der Waals surface area contributed by atoms with Crippen molar-refractivity contribution in [1.82, 2.24) is 10.0 Å². The van der Waals surface area contributed by atoms with Crippen molar-refractivity contribution in [2.45, 2.75) is 58.4 Å². The Balaban J connectivity index is 2.12. The number of hydrogen-bond acceptors (Lipinski definition) is 3. The highest BCUT2D eigenvalue weighted by atomic mass is 32.2. The van der Waals surface area contributed by atoms with Gasteiger partial charge in [-0.3, -0.25) is 0 Å². The minimum absolute atomic E-state index is 0.536. The molecule has 1 saturated carbocycles. The van der Waals surface area contributed by atoms with E-state index in [1.165, 1.54) is 38.4 Å². The highest BCUT2D eigenvalue weighted by Gasteiger charge is 2.21. The summed E-state index contributed by atoms with van der Waals surface area (Å²) in [7, 11) is -3.03. The van der Waals surface area contributed by atoms with Gasteiger partial charge >= 0.3 is 0 Å². The smallest absolute Gasteiger partial charge is 0.208 e. The molecule has 5 heteroatoms. The highest BCUT2D eigenvalue weighted by molar-refractivity contribution is 7.88. The van der Waals surface area contributed by atoms with Crippen LogP contribution in [0.2, 0.25) is 0 Å². The standard InChI is InChI=1S/C14H30N2O2S/c1-12(2)10-13-6-4-7-14(11-13)15-8-5-9-16-19(3,17)18/h12-16H,4-11H2,1-3H3. The van der Waals surface area contributed by atoms with E-state index in [9.17, 15) is 8.42 Å². The number of hydrogen-bond donors (Lipinski definition) is 2. The van der Waals surface area contributed by atoms with E-state index < -0.39 is 10.0 Å². The summed E-state index contributed by atoms with van der Waals surface area (Å²) < 4.78 is 24.3. The number of nitrogens with one attached hydrogen (secondary N) is 2. The molecular weight excluding hydrogens is 260 g/mol. The van der Waals surface area contributed by atoms with Gasteiger partial charge < -0.3 is 5.32 Å². The van der Waals surface area contributed by atoms with Crippen LogP contribution >= 0.6 is 0 Å². The quantitative estimate of drug-likeness (QED) is 0.673. The topological polar surface area (TPSA) is 58.2 Å².